The monoisotopic (exact) mass is 353 g/mol. The molecule has 2 N–H and O–H groups in total. The number of hydrogen-bond donors (Lipinski definition) is 2. The first kappa shape index (κ1) is 19.7. The van der Waals surface area contributed by atoms with E-state index in [0.717, 1.165) is 29.7 Å². The molecule has 0 heterocycles. The van der Waals surface area contributed by atoms with Crippen molar-refractivity contribution in [2.24, 2.45) is 0 Å². The maximum absolute atomic E-state index is 10.4. The van der Waals surface area contributed by atoms with Crippen LogP contribution in [-0.4, -0.2) is 30.8 Å². The molecule has 138 valence electrons. The molecule has 0 aliphatic heterocycles. The first-order chi connectivity index (χ1) is 12.6. The highest BCUT2D eigenvalue weighted by molar-refractivity contribution is 5.66. The third kappa shape index (κ3) is 7.53. The van der Waals surface area contributed by atoms with Gasteiger partial charge in [0, 0.05) is 13.1 Å². The van der Waals surface area contributed by atoms with E-state index in [1.807, 2.05) is 24.3 Å². The number of aliphatic carboxylic acids is 1. The summed E-state index contributed by atoms with van der Waals surface area (Å²) >= 11 is 0. The summed E-state index contributed by atoms with van der Waals surface area (Å²) in [6.07, 6.45) is 6.21. The third-order valence-corrected chi connectivity index (χ3v) is 4.04. The lowest BCUT2D eigenvalue weighted by atomic mass is 10.1. The zero-order valence-electron chi connectivity index (χ0n) is 15.3. The molecule has 2 aromatic carbocycles. The van der Waals surface area contributed by atoms with Gasteiger partial charge in [-0.25, -0.2) is 0 Å². The number of nitrogens with one attached hydrogen (secondary N) is 1. The van der Waals surface area contributed by atoms with E-state index < -0.39 is 5.97 Å². The smallest absolute Gasteiger partial charge is 0.304 e. The predicted octanol–water partition coefficient (Wildman–Crippen LogP) is 4.08. The maximum atomic E-state index is 10.4. The summed E-state index contributed by atoms with van der Waals surface area (Å²) in [5, 5.41) is 11.6. The Kier molecular flexibility index (Phi) is 8.43. The number of rotatable bonds is 11. The fraction of sp³-hybridized carbons (Fsp3) is 0.318. The number of aryl methyl sites for hydroxylation is 2. The van der Waals surface area contributed by atoms with E-state index in [1.54, 1.807) is 0 Å². The molecule has 0 aliphatic carbocycles. The van der Waals surface area contributed by atoms with Gasteiger partial charge in [0.25, 0.3) is 0 Å². The van der Waals surface area contributed by atoms with E-state index in [1.165, 1.54) is 5.56 Å². The Hall–Kier alpha value is -2.59. The van der Waals surface area contributed by atoms with Crippen molar-refractivity contribution in [3.05, 3.63) is 71.3 Å². The molecule has 2 aromatic rings. The highest BCUT2D eigenvalue weighted by atomic mass is 16.5. The molecule has 26 heavy (non-hydrogen) atoms. The molecule has 0 radical (unpaired) electrons. The number of carbonyl (C=O) groups is 1. The molecule has 0 aromatic heterocycles. The Balaban J connectivity index is 1.71. The van der Waals surface area contributed by atoms with Crippen LogP contribution in [0.2, 0.25) is 0 Å². The van der Waals surface area contributed by atoms with E-state index >= 15 is 0 Å². The number of ether oxygens (including phenoxy) is 1. The normalized spacial score (nSPS) is 11.0. The Morgan fingerprint density at radius 2 is 2.00 bits per heavy atom. The second-order valence-corrected chi connectivity index (χ2v) is 6.21. The number of carboxylic acid groups (broad SMARTS) is 1. The van der Waals surface area contributed by atoms with Crippen LogP contribution < -0.4 is 10.1 Å². The lowest BCUT2D eigenvalue weighted by Crippen LogP contribution is -2.17. The third-order valence-electron chi connectivity index (χ3n) is 4.04. The van der Waals surface area contributed by atoms with E-state index in [0.29, 0.717) is 19.7 Å². The van der Waals surface area contributed by atoms with Crippen LogP contribution in [0, 0.1) is 6.92 Å². The fourth-order valence-corrected chi connectivity index (χ4v) is 2.60. The number of benzene rings is 2. The Bertz CT molecular complexity index is 711. The first-order valence-corrected chi connectivity index (χ1v) is 9.01. The average molecular weight is 353 g/mol. The molecule has 4 heteroatoms. The van der Waals surface area contributed by atoms with Crippen LogP contribution in [0.3, 0.4) is 0 Å². The van der Waals surface area contributed by atoms with E-state index in [9.17, 15) is 4.79 Å². The lowest BCUT2D eigenvalue weighted by molar-refractivity contribution is -0.136. The quantitative estimate of drug-likeness (QED) is 0.598. The average Bonchev–Trinajstić information content (AvgIpc) is 2.63. The molecule has 0 atom stereocenters. The van der Waals surface area contributed by atoms with Gasteiger partial charge in [0.2, 0.25) is 0 Å². The van der Waals surface area contributed by atoms with Crippen molar-refractivity contribution in [1.82, 2.24) is 5.32 Å². The van der Waals surface area contributed by atoms with Crippen molar-refractivity contribution in [1.29, 1.82) is 0 Å². The van der Waals surface area contributed by atoms with Crippen molar-refractivity contribution >= 4 is 12.0 Å². The maximum Gasteiger partial charge on any atom is 0.304 e. The van der Waals surface area contributed by atoms with E-state index in [2.05, 4.69) is 48.6 Å². The summed E-state index contributed by atoms with van der Waals surface area (Å²) in [6, 6.07) is 16.5. The van der Waals surface area contributed by atoms with E-state index in [4.69, 9.17) is 9.84 Å². The minimum Gasteiger partial charge on any atom is -0.494 e. The molecule has 4 nitrogen and oxygen atoms in total. The lowest BCUT2D eigenvalue weighted by Gasteiger charge is -2.09. The summed E-state index contributed by atoms with van der Waals surface area (Å²) < 4.78 is 5.85. The van der Waals surface area contributed by atoms with Gasteiger partial charge in [-0.2, -0.15) is 0 Å². The van der Waals surface area contributed by atoms with Gasteiger partial charge in [-0.05, 0) is 48.6 Å². The van der Waals surface area contributed by atoms with Crippen molar-refractivity contribution in [3.63, 3.8) is 0 Å². The van der Waals surface area contributed by atoms with Crippen LogP contribution >= 0.6 is 0 Å². The van der Waals surface area contributed by atoms with Crippen molar-refractivity contribution in [2.45, 2.75) is 26.2 Å². The van der Waals surface area contributed by atoms with Gasteiger partial charge in [-0.15, -0.1) is 0 Å². The molecule has 0 saturated carbocycles. The fourth-order valence-electron chi connectivity index (χ4n) is 2.60. The number of carboxylic acids is 1. The highest BCUT2D eigenvalue weighted by Gasteiger charge is 2.00. The van der Waals surface area contributed by atoms with Crippen molar-refractivity contribution in [2.75, 3.05) is 19.7 Å². The molecular formula is C22H27NO3. The van der Waals surface area contributed by atoms with Crippen LogP contribution in [-0.2, 0) is 11.2 Å². The van der Waals surface area contributed by atoms with Gasteiger partial charge >= 0.3 is 5.97 Å². The predicted molar refractivity (Wildman–Crippen MR) is 106 cm³/mol. The summed E-state index contributed by atoms with van der Waals surface area (Å²) in [7, 11) is 0. The first-order valence-electron chi connectivity index (χ1n) is 9.01. The molecule has 0 fully saturated rings. The van der Waals surface area contributed by atoms with Crippen LogP contribution in [0.15, 0.2) is 54.6 Å². The molecule has 0 bridgehead atoms. The molecule has 0 aliphatic rings. The minimum absolute atomic E-state index is 0.142. The van der Waals surface area contributed by atoms with Crippen LogP contribution in [0.1, 0.15) is 29.5 Å². The van der Waals surface area contributed by atoms with Crippen LogP contribution in [0.4, 0.5) is 0 Å². The topological polar surface area (TPSA) is 58.6 Å². The molecule has 0 spiro atoms. The summed E-state index contributed by atoms with van der Waals surface area (Å²) in [5.41, 5.74) is 3.64. The van der Waals surface area contributed by atoms with Gasteiger partial charge < -0.3 is 15.2 Å². The van der Waals surface area contributed by atoms with Gasteiger partial charge in [0.05, 0.1) is 13.0 Å². The number of hydrogen-bond acceptors (Lipinski definition) is 3. The van der Waals surface area contributed by atoms with Gasteiger partial charge in [0.1, 0.15) is 5.75 Å². The zero-order chi connectivity index (χ0) is 18.6. The van der Waals surface area contributed by atoms with Crippen molar-refractivity contribution < 1.29 is 14.6 Å². The molecule has 0 unspecified atom stereocenters. The molecular weight excluding hydrogens is 326 g/mol. The zero-order valence-corrected chi connectivity index (χ0v) is 15.3. The summed E-state index contributed by atoms with van der Waals surface area (Å²) in [6.45, 7) is 3.91. The molecule has 0 saturated heterocycles. The van der Waals surface area contributed by atoms with E-state index in [-0.39, 0.29) is 6.42 Å². The van der Waals surface area contributed by atoms with Gasteiger partial charge in [-0.1, -0.05) is 48.6 Å². The second-order valence-electron chi connectivity index (χ2n) is 6.21. The SMILES string of the molecule is Cc1cc(OCCCc2ccccc2)ccc1/C=C/CNCCC(=O)O. The minimum atomic E-state index is -0.781. The largest absolute Gasteiger partial charge is 0.494 e. The Morgan fingerprint density at radius 1 is 1.19 bits per heavy atom. The molecule has 2 rings (SSSR count). The molecule has 0 amide bonds. The van der Waals surface area contributed by atoms with Gasteiger partial charge in [0.15, 0.2) is 0 Å². The standard InChI is InChI=1S/C22H27NO3/c1-18-17-21(26-16-6-9-19-7-3-2-4-8-19)12-11-20(18)10-5-14-23-15-13-22(24)25/h2-5,7-8,10-12,17,23H,6,9,13-16H2,1H3,(H,24,25)/b10-5+. The van der Waals surface area contributed by atoms with Crippen molar-refractivity contribution in [3.8, 4) is 5.75 Å². The van der Waals surface area contributed by atoms with Crippen LogP contribution in [0.5, 0.6) is 5.75 Å². The van der Waals surface area contributed by atoms with Crippen LogP contribution in [0.25, 0.3) is 6.08 Å². The highest BCUT2D eigenvalue weighted by Crippen LogP contribution is 2.18. The second kappa shape index (κ2) is 11.1. The van der Waals surface area contributed by atoms with Gasteiger partial charge in [-0.3, -0.25) is 4.79 Å². The summed E-state index contributed by atoms with van der Waals surface area (Å²) in [4.78, 5) is 10.4. The Labute approximate surface area is 155 Å². The Morgan fingerprint density at radius 3 is 2.73 bits per heavy atom. The summed E-state index contributed by atoms with van der Waals surface area (Å²) in [5.74, 6) is 0.115.